The molecule has 0 aromatic heterocycles. The second-order valence-electron chi connectivity index (χ2n) is 9.16. The van der Waals surface area contributed by atoms with Crippen molar-refractivity contribution in [3.63, 3.8) is 0 Å². The molecule has 0 aromatic carbocycles. The first-order valence-corrected chi connectivity index (χ1v) is 13.4. The van der Waals surface area contributed by atoms with E-state index in [9.17, 15) is 14.4 Å². The molecule has 182 valence electrons. The van der Waals surface area contributed by atoms with Gasteiger partial charge < -0.3 is 5.32 Å². The number of nitrogens with one attached hydrogen (secondary N) is 1. The molecule has 1 N–H and O–H groups in total. The highest BCUT2D eigenvalue weighted by Gasteiger charge is 2.21. The van der Waals surface area contributed by atoms with Gasteiger partial charge in [-0.3, -0.25) is 14.4 Å². The number of rotatable bonds is 23. The topological polar surface area (TPSA) is 63.2 Å². The lowest BCUT2D eigenvalue weighted by Gasteiger charge is -2.18. The summed E-state index contributed by atoms with van der Waals surface area (Å²) in [6, 6.07) is -0.488. The fraction of sp³-hybridized carbons (Fsp3) is 0.889. The van der Waals surface area contributed by atoms with Crippen molar-refractivity contribution in [3.05, 3.63) is 0 Å². The maximum Gasteiger partial charge on any atom is 0.220 e. The van der Waals surface area contributed by atoms with Crippen LogP contribution in [0.25, 0.3) is 0 Å². The standard InChI is InChI=1S/C27H51NO3/c1-4-7-10-11-12-13-14-15-18-21-27(31)28-25(26(30)20-17-9-6-3)23-22-24(29)19-16-8-5-2/h25H,4-23H2,1-3H3,(H,28,31). The van der Waals surface area contributed by atoms with E-state index in [-0.39, 0.29) is 17.5 Å². The third-order valence-electron chi connectivity index (χ3n) is 6.03. The highest BCUT2D eigenvalue weighted by molar-refractivity contribution is 5.89. The van der Waals surface area contributed by atoms with E-state index >= 15 is 0 Å². The molecule has 0 aliphatic carbocycles. The normalized spacial score (nSPS) is 12.0. The van der Waals surface area contributed by atoms with E-state index in [0.29, 0.717) is 32.1 Å². The molecule has 4 nitrogen and oxygen atoms in total. The third kappa shape index (κ3) is 19.2. The molecule has 0 bridgehead atoms. The van der Waals surface area contributed by atoms with Gasteiger partial charge in [-0.05, 0) is 25.7 Å². The molecule has 1 amide bonds. The predicted molar refractivity (Wildman–Crippen MR) is 131 cm³/mol. The van der Waals surface area contributed by atoms with Gasteiger partial charge >= 0.3 is 0 Å². The van der Waals surface area contributed by atoms with Crippen molar-refractivity contribution in [2.75, 3.05) is 0 Å². The Morgan fingerprint density at radius 3 is 1.58 bits per heavy atom. The Morgan fingerprint density at radius 2 is 1.00 bits per heavy atom. The van der Waals surface area contributed by atoms with Gasteiger partial charge in [-0.25, -0.2) is 0 Å². The molecule has 1 atom stereocenters. The molecule has 4 heteroatoms. The van der Waals surface area contributed by atoms with Crippen molar-refractivity contribution in [1.82, 2.24) is 5.32 Å². The molecular formula is C27H51NO3. The van der Waals surface area contributed by atoms with Crippen LogP contribution in [0.15, 0.2) is 0 Å². The largest absolute Gasteiger partial charge is 0.346 e. The molecule has 0 spiro atoms. The average molecular weight is 438 g/mol. The van der Waals surface area contributed by atoms with E-state index in [1.807, 2.05) is 0 Å². The van der Waals surface area contributed by atoms with E-state index in [2.05, 4.69) is 26.1 Å². The maximum atomic E-state index is 12.6. The van der Waals surface area contributed by atoms with E-state index in [1.165, 1.54) is 44.9 Å². The molecule has 0 aliphatic heterocycles. The fourth-order valence-corrected chi connectivity index (χ4v) is 3.90. The Morgan fingerprint density at radius 1 is 0.548 bits per heavy atom. The molecule has 0 rings (SSSR count). The van der Waals surface area contributed by atoms with Crippen molar-refractivity contribution in [3.8, 4) is 0 Å². The summed E-state index contributed by atoms with van der Waals surface area (Å²) in [5, 5.41) is 2.95. The zero-order valence-corrected chi connectivity index (χ0v) is 20.9. The van der Waals surface area contributed by atoms with Gasteiger partial charge in [0.2, 0.25) is 5.91 Å². The first-order valence-electron chi connectivity index (χ1n) is 13.4. The van der Waals surface area contributed by atoms with Crippen LogP contribution in [0.5, 0.6) is 0 Å². The van der Waals surface area contributed by atoms with Crippen LogP contribution in [0.3, 0.4) is 0 Å². The van der Waals surface area contributed by atoms with Crippen LogP contribution < -0.4 is 5.32 Å². The van der Waals surface area contributed by atoms with E-state index < -0.39 is 6.04 Å². The highest BCUT2D eigenvalue weighted by atomic mass is 16.2. The first kappa shape index (κ1) is 29.8. The molecule has 0 heterocycles. The van der Waals surface area contributed by atoms with Gasteiger partial charge in [0.25, 0.3) is 0 Å². The minimum absolute atomic E-state index is 0.0322. The Bertz CT molecular complexity index is 461. The molecule has 0 aromatic rings. The zero-order valence-electron chi connectivity index (χ0n) is 20.9. The summed E-state index contributed by atoms with van der Waals surface area (Å²) >= 11 is 0. The smallest absolute Gasteiger partial charge is 0.220 e. The SMILES string of the molecule is CCCCCCCCCCCC(=O)NC(CCC(=O)CCCCC)C(=O)CCCCC. The van der Waals surface area contributed by atoms with Crippen molar-refractivity contribution >= 4 is 17.5 Å². The van der Waals surface area contributed by atoms with Crippen molar-refractivity contribution in [2.24, 2.45) is 0 Å². The van der Waals surface area contributed by atoms with Gasteiger partial charge in [-0.2, -0.15) is 0 Å². The number of hydrogen-bond donors (Lipinski definition) is 1. The number of carbonyl (C=O) groups excluding carboxylic acids is 3. The van der Waals surface area contributed by atoms with Gasteiger partial charge in [0.15, 0.2) is 5.78 Å². The summed E-state index contributed by atoms with van der Waals surface area (Å²) in [5.41, 5.74) is 0. The van der Waals surface area contributed by atoms with E-state index in [1.54, 1.807) is 0 Å². The lowest BCUT2D eigenvalue weighted by atomic mass is 9.98. The fourth-order valence-electron chi connectivity index (χ4n) is 3.90. The van der Waals surface area contributed by atoms with Crippen molar-refractivity contribution < 1.29 is 14.4 Å². The van der Waals surface area contributed by atoms with Gasteiger partial charge in [0.1, 0.15) is 5.78 Å². The number of ketones is 2. The first-order chi connectivity index (χ1) is 15.0. The lowest BCUT2D eigenvalue weighted by Crippen LogP contribution is -2.41. The summed E-state index contributed by atoms with van der Waals surface area (Å²) in [6.45, 7) is 6.47. The van der Waals surface area contributed by atoms with Crippen LogP contribution in [-0.2, 0) is 14.4 Å². The van der Waals surface area contributed by atoms with Crippen LogP contribution in [-0.4, -0.2) is 23.5 Å². The Balaban J connectivity index is 4.23. The van der Waals surface area contributed by atoms with Gasteiger partial charge in [-0.15, -0.1) is 0 Å². The Kier molecular flexibility index (Phi) is 21.2. The average Bonchev–Trinajstić information content (AvgIpc) is 2.75. The number of carbonyl (C=O) groups is 3. The van der Waals surface area contributed by atoms with Crippen LogP contribution in [0, 0.1) is 0 Å². The molecule has 1 unspecified atom stereocenters. The highest BCUT2D eigenvalue weighted by Crippen LogP contribution is 2.12. The minimum Gasteiger partial charge on any atom is -0.346 e. The van der Waals surface area contributed by atoms with Crippen molar-refractivity contribution in [2.45, 2.75) is 155 Å². The summed E-state index contributed by atoms with van der Waals surface area (Å²) in [7, 11) is 0. The van der Waals surface area contributed by atoms with Gasteiger partial charge in [0.05, 0.1) is 6.04 Å². The summed E-state index contributed by atoms with van der Waals surface area (Å²) in [6.07, 6.45) is 19.5. The minimum atomic E-state index is -0.488. The quantitative estimate of drug-likeness (QED) is 0.169. The van der Waals surface area contributed by atoms with Crippen LogP contribution in [0.2, 0.25) is 0 Å². The summed E-state index contributed by atoms with van der Waals surface area (Å²) in [5.74, 6) is 0.276. The monoisotopic (exact) mass is 437 g/mol. The lowest BCUT2D eigenvalue weighted by molar-refractivity contribution is -0.128. The van der Waals surface area contributed by atoms with Gasteiger partial charge in [-0.1, -0.05) is 97.8 Å². The maximum absolute atomic E-state index is 12.6. The molecular weight excluding hydrogens is 386 g/mol. The number of unbranched alkanes of at least 4 members (excludes halogenated alkanes) is 12. The number of amides is 1. The molecule has 0 radical (unpaired) electrons. The van der Waals surface area contributed by atoms with Crippen LogP contribution in [0.4, 0.5) is 0 Å². The summed E-state index contributed by atoms with van der Waals surface area (Å²) in [4.78, 5) is 37.1. The molecule has 31 heavy (non-hydrogen) atoms. The zero-order chi connectivity index (χ0) is 23.2. The third-order valence-corrected chi connectivity index (χ3v) is 6.03. The Labute approximate surface area is 192 Å². The Hall–Kier alpha value is -1.19. The molecule has 0 saturated heterocycles. The second-order valence-corrected chi connectivity index (χ2v) is 9.16. The molecule has 0 saturated carbocycles. The van der Waals surface area contributed by atoms with E-state index in [0.717, 1.165) is 51.4 Å². The molecule has 0 fully saturated rings. The molecule has 0 aliphatic rings. The predicted octanol–water partition coefficient (Wildman–Crippen LogP) is 7.47. The van der Waals surface area contributed by atoms with Crippen LogP contribution >= 0.6 is 0 Å². The number of hydrogen-bond acceptors (Lipinski definition) is 3. The van der Waals surface area contributed by atoms with Crippen molar-refractivity contribution in [1.29, 1.82) is 0 Å². The van der Waals surface area contributed by atoms with E-state index in [4.69, 9.17) is 0 Å². The summed E-state index contributed by atoms with van der Waals surface area (Å²) < 4.78 is 0. The van der Waals surface area contributed by atoms with Gasteiger partial charge in [0, 0.05) is 25.7 Å². The second kappa shape index (κ2) is 22.0. The van der Waals surface area contributed by atoms with Crippen LogP contribution in [0.1, 0.15) is 149 Å². The number of Topliss-reactive ketones (excluding diaryl/α,β-unsaturated/α-hetero) is 2.